The summed E-state index contributed by atoms with van der Waals surface area (Å²) in [7, 11) is 0. The fourth-order valence-electron chi connectivity index (χ4n) is 2.60. The lowest BCUT2D eigenvalue weighted by atomic mass is 10.0. The van der Waals surface area contributed by atoms with E-state index in [-0.39, 0.29) is 12.0 Å². The number of likely N-dealkylation sites (tertiary alicyclic amines) is 1. The van der Waals surface area contributed by atoms with Crippen LogP contribution in [0.15, 0.2) is 18.5 Å². The maximum absolute atomic E-state index is 12.5. The summed E-state index contributed by atoms with van der Waals surface area (Å²) in [6, 6.07) is 1.73. The van der Waals surface area contributed by atoms with Gasteiger partial charge in [0.05, 0.1) is 0 Å². The quantitative estimate of drug-likeness (QED) is 0.787. The fourth-order valence-corrected chi connectivity index (χ4v) is 2.76. The molecule has 1 aromatic heterocycles. The van der Waals surface area contributed by atoms with Gasteiger partial charge in [0.25, 0.3) is 5.91 Å². The molecular weight excluding hydrogens is 320 g/mol. The van der Waals surface area contributed by atoms with Crippen molar-refractivity contribution in [2.75, 3.05) is 13.1 Å². The molecule has 1 aliphatic heterocycles. The summed E-state index contributed by atoms with van der Waals surface area (Å²) in [6.45, 7) is 5.62. The number of aromatic nitrogens is 1. The molecule has 1 aliphatic rings. The molecule has 0 saturated carbocycles. The lowest BCUT2D eigenvalue weighted by Crippen LogP contribution is -2.51. The number of hydrogen-bond acceptors (Lipinski definition) is 5. The van der Waals surface area contributed by atoms with Gasteiger partial charge in [0.15, 0.2) is 5.60 Å². The van der Waals surface area contributed by atoms with Crippen molar-refractivity contribution in [1.82, 2.24) is 9.88 Å². The Hall–Kier alpha value is -1.82. The number of piperidine rings is 1. The van der Waals surface area contributed by atoms with Crippen LogP contribution in [-0.4, -0.2) is 46.6 Å². The van der Waals surface area contributed by atoms with E-state index in [1.807, 2.05) is 0 Å². The van der Waals surface area contributed by atoms with E-state index in [0.29, 0.717) is 36.7 Å². The topological polar surface area (TPSA) is 68.7 Å². The Morgan fingerprint density at radius 2 is 2.00 bits per heavy atom. The van der Waals surface area contributed by atoms with E-state index in [9.17, 15) is 9.59 Å². The molecule has 0 radical (unpaired) electrons. The summed E-state index contributed by atoms with van der Waals surface area (Å²) in [4.78, 5) is 29.2. The summed E-state index contributed by atoms with van der Waals surface area (Å²) in [5.41, 5.74) is -1.14. The average molecular weight is 341 g/mol. The van der Waals surface area contributed by atoms with Crippen LogP contribution in [0.1, 0.15) is 33.6 Å². The molecule has 1 aromatic rings. The van der Waals surface area contributed by atoms with Gasteiger partial charge >= 0.3 is 5.97 Å². The van der Waals surface area contributed by atoms with Crippen molar-refractivity contribution in [3.8, 4) is 5.75 Å². The van der Waals surface area contributed by atoms with Crippen LogP contribution in [0.5, 0.6) is 5.75 Å². The van der Waals surface area contributed by atoms with Gasteiger partial charge in [-0.15, -0.1) is 0 Å². The van der Waals surface area contributed by atoms with Gasteiger partial charge in [-0.25, -0.2) is 0 Å². The number of carbonyl (C=O) groups is 2. The number of rotatable bonds is 4. The van der Waals surface area contributed by atoms with Crippen molar-refractivity contribution in [1.29, 1.82) is 0 Å². The van der Waals surface area contributed by atoms with Crippen LogP contribution in [0.3, 0.4) is 0 Å². The Morgan fingerprint density at radius 3 is 2.57 bits per heavy atom. The standard InChI is InChI=1S/C16H21ClN2O4/c1-11(20)23-16(2,3)15(21)19-8-5-12(6-9-19)22-14-4-7-18-10-13(14)17/h4,7,10,12H,5-6,8-9H2,1-3H3. The van der Waals surface area contributed by atoms with Crippen LogP contribution in [0, 0.1) is 0 Å². The first-order chi connectivity index (χ1) is 10.8. The van der Waals surface area contributed by atoms with E-state index >= 15 is 0 Å². The minimum Gasteiger partial charge on any atom is -0.489 e. The van der Waals surface area contributed by atoms with Crippen molar-refractivity contribution in [3.05, 3.63) is 23.5 Å². The van der Waals surface area contributed by atoms with Gasteiger partial charge < -0.3 is 14.4 Å². The first kappa shape index (κ1) is 17.5. The van der Waals surface area contributed by atoms with Crippen molar-refractivity contribution < 1.29 is 19.1 Å². The molecule has 0 N–H and O–H groups in total. The molecule has 6 nitrogen and oxygen atoms in total. The molecule has 0 bridgehead atoms. The number of pyridine rings is 1. The molecule has 2 heterocycles. The molecule has 0 atom stereocenters. The summed E-state index contributed by atoms with van der Waals surface area (Å²) in [5, 5.41) is 0.474. The number of esters is 1. The highest BCUT2D eigenvalue weighted by Crippen LogP contribution is 2.26. The van der Waals surface area contributed by atoms with Gasteiger partial charge in [-0.3, -0.25) is 14.6 Å². The molecule has 126 valence electrons. The highest BCUT2D eigenvalue weighted by molar-refractivity contribution is 6.31. The maximum atomic E-state index is 12.5. The van der Waals surface area contributed by atoms with Gasteiger partial charge in [0.1, 0.15) is 16.9 Å². The van der Waals surface area contributed by atoms with Crippen molar-refractivity contribution >= 4 is 23.5 Å². The second-order valence-corrected chi connectivity index (χ2v) is 6.43. The van der Waals surface area contributed by atoms with Crippen LogP contribution < -0.4 is 4.74 Å². The SMILES string of the molecule is CC(=O)OC(C)(C)C(=O)N1CCC(Oc2ccncc2Cl)CC1. The first-order valence-electron chi connectivity index (χ1n) is 7.54. The van der Waals surface area contributed by atoms with Crippen molar-refractivity contribution in [3.63, 3.8) is 0 Å². The summed E-state index contributed by atoms with van der Waals surface area (Å²) >= 11 is 6.03. The Morgan fingerprint density at radius 1 is 1.35 bits per heavy atom. The minimum atomic E-state index is -1.14. The molecule has 2 rings (SSSR count). The van der Waals surface area contributed by atoms with Crippen molar-refractivity contribution in [2.24, 2.45) is 0 Å². The van der Waals surface area contributed by atoms with Gasteiger partial charge in [-0.2, -0.15) is 0 Å². The Labute approximate surface area is 140 Å². The van der Waals surface area contributed by atoms with E-state index in [0.717, 1.165) is 0 Å². The molecule has 1 saturated heterocycles. The maximum Gasteiger partial charge on any atom is 0.303 e. The second kappa shape index (κ2) is 7.17. The third-order valence-electron chi connectivity index (χ3n) is 3.67. The highest BCUT2D eigenvalue weighted by atomic mass is 35.5. The fraction of sp³-hybridized carbons (Fsp3) is 0.562. The number of ether oxygens (including phenoxy) is 2. The number of carbonyl (C=O) groups excluding carboxylic acids is 2. The summed E-state index contributed by atoms with van der Waals surface area (Å²) in [6.07, 6.45) is 4.55. The Bertz CT molecular complexity index is 583. The number of nitrogens with zero attached hydrogens (tertiary/aromatic N) is 2. The van der Waals surface area contributed by atoms with Gasteiger partial charge in [-0.05, 0) is 13.8 Å². The molecule has 23 heavy (non-hydrogen) atoms. The predicted molar refractivity (Wildman–Crippen MR) is 85.3 cm³/mol. The van der Waals surface area contributed by atoms with Crippen molar-refractivity contribution in [2.45, 2.75) is 45.3 Å². The zero-order valence-electron chi connectivity index (χ0n) is 13.5. The third-order valence-corrected chi connectivity index (χ3v) is 3.96. The van der Waals surface area contributed by atoms with Gasteiger partial charge in [-0.1, -0.05) is 11.6 Å². The molecule has 0 aliphatic carbocycles. The Kier molecular flexibility index (Phi) is 5.46. The van der Waals surface area contributed by atoms with E-state index in [1.165, 1.54) is 13.1 Å². The molecule has 0 aromatic carbocycles. The Balaban J connectivity index is 1.90. The van der Waals surface area contributed by atoms with Crippen LogP contribution in [-0.2, 0) is 14.3 Å². The molecular formula is C16H21ClN2O4. The van der Waals surface area contributed by atoms with Crippen LogP contribution in [0.2, 0.25) is 5.02 Å². The number of hydrogen-bond donors (Lipinski definition) is 0. The zero-order chi connectivity index (χ0) is 17.0. The van der Waals surface area contributed by atoms with Gasteiger partial charge in [0.2, 0.25) is 0 Å². The predicted octanol–water partition coefficient (Wildman–Crippen LogP) is 2.45. The number of halogens is 1. The summed E-state index contributed by atoms with van der Waals surface area (Å²) < 4.78 is 11.0. The van der Waals surface area contributed by atoms with Crippen LogP contribution in [0.25, 0.3) is 0 Å². The molecule has 7 heteroatoms. The summed E-state index contributed by atoms with van der Waals surface area (Å²) in [5.74, 6) is -0.0475. The van der Waals surface area contributed by atoms with Gasteiger partial charge in [0, 0.05) is 51.3 Å². The van der Waals surface area contributed by atoms with Crippen LogP contribution >= 0.6 is 11.6 Å². The van der Waals surface area contributed by atoms with E-state index in [4.69, 9.17) is 21.1 Å². The lowest BCUT2D eigenvalue weighted by Gasteiger charge is -2.36. The minimum absolute atomic E-state index is 0.00390. The molecule has 1 fully saturated rings. The third kappa shape index (κ3) is 4.58. The monoisotopic (exact) mass is 340 g/mol. The first-order valence-corrected chi connectivity index (χ1v) is 7.92. The largest absolute Gasteiger partial charge is 0.489 e. The van der Waals surface area contributed by atoms with E-state index in [1.54, 1.807) is 31.0 Å². The lowest BCUT2D eigenvalue weighted by molar-refractivity contribution is -0.169. The smallest absolute Gasteiger partial charge is 0.303 e. The second-order valence-electron chi connectivity index (χ2n) is 6.02. The van der Waals surface area contributed by atoms with Crippen LogP contribution in [0.4, 0.5) is 0 Å². The highest BCUT2D eigenvalue weighted by Gasteiger charge is 2.37. The average Bonchev–Trinajstić information content (AvgIpc) is 2.48. The number of amides is 1. The zero-order valence-corrected chi connectivity index (χ0v) is 14.3. The molecule has 0 spiro atoms. The molecule has 0 unspecified atom stereocenters. The molecule has 1 amide bonds. The van der Waals surface area contributed by atoms with E-state index in [2.05, 4.69) is 4.98 Å². The van der Waals surface area contributed by atoms with E-state index < -0.39 is 11.6 Å². The normalized spacial score (nSPS) is 16.1.